The average molecular weight is 788 g/mol. The van der Waals surface area contributed by atoms with E-state index >= 15 is 0 Å². The first-order valence-electron chi connectivity index (χ1n) is 19.6. The van der Waals surface area contributed by atoms with Crippen LogP contribution in [0, 0.1) is 17.8 Å². The standard InChI is InChI=1S/C44H57N3O6S2/c1-6-24-50-44-40(55-25-19-31-29-45-20-21-46-31)28-38(47-53-43(2,3)4)36-26-30(11-7-9-22-48)35(12-8-10-23-49)41(42(36)44)37-27-33(15-18-39(37)52-44)51-32-13-16-34(54-5)17-14-32/h6,13-18,20-21,26-27,29-30,35,40-42,48-49H,1,7-12,19,22-25,28H2,2-5H3/t30-,35+,40-,41+,42+,44+/m0/s1. The van der Waals surface area contributed by atoms with Crippen molar-refractivity contribution in [1.29, 1.82) is 0 Å². The molecule has 1 fully saturated rings. The van der Waals surface area contributed by atoms with Crippen molar-refractivity contribution < 1.29 is 29.3 Å². The van der Waals surface area contributed by atoms with Crippen LogP contribution in [0.4, 0.5) is 0 Å². The molecule has 0 spiro atoms. The molecule has 11 heteroatoms. The summed E-state index contributed by atoms with van der Waals surface area (Å²) < 4.78 is 20.9. The molecule has 6 atom stereocenters. The highest BCUT2D eigenvalue weighted by atomic mass is 32.2. The van der Waals surface area contributed by atoms with Crippen LogP contribution in [0.25, 0.3) is 0 Å². The predicted octanol–water partition coefficient (Wildman–Crippen LogP) is 9.40. The van der Waals surface area contributed by atoms with Crippen LogP contribution in [0.2, 0.25) is 0 Å². The number of fused-ring (bicyclic) bond motifs is 2. The number of aryl methyl sites for hydroxylation is 1. The van der Waals surface area contributed by atoms with Gasteiger partial charge in [0.1, 0.15) is 22.8 Å². The number of rotatable bonds is 19. The van der Waals surface area contributed by atoms with Gasteiger partial charge in [-0.15, -0.1) is 18.3 Å². The Morgan fingerprint density at radius 2 is 1.78 bits per heavy atom. The lowest BCUT2D eigenvalue weighted by Gasteiger charge is -2.58. The minimum atomic E-state index is -1.03. The highest BCUT2D eigenvalue weighted by Crippen LogP contribution is 2.62. The van der Waals surface area contributed by atoms with Crippen LogP contribution in [-0.2, 0) is 16.0 Å². The first-order chi connectivity index (χ1) is 26.7. The number of allylic oxidation sites excluding steroid dienone is 1. The van der Waals surface area contributed by atoms with Gasteiger partial charge in [-0.05, 0) is 118 Å². The quantitative estimate of drug-likeness (QED) is 0.0527. The number of benzene rings is 2. The molecule has 9 nitrogen and oxygen atoms in total. The zero-order valence-corrected chi connectivity index (χ0v) is 34.3. The number of thioether (sulfide) groups is 2. The largest absolute Gasteiger partial charge is 0.460 e. The number of aromatic nitrogens is 2. The molecule has 2 aromatic carbocycles. The molecule has 296 valence electrons. The lowest BCUT2D eigenvalue weighted by atomic mass is 9.56. The molecule has 0 bridgehead atoms. The minimum Gasteiger partial charge on any atom is -0.460 e. The summed E-state index contributed by atoms with van der Waals surface area (Å²) in [5, 5.41) is 24.5. The SMILES string of the molecule is C=CCO[C@@]12Oc3ccc(Oc4ccc(SC)cc4)cc3[C@H]3[C@H](CCCCO)[C@@H](CCCCO)C=C(C(=NOC(C)(C)C)C[C@@H]1SCCc1cnccn1)[C@H]32. The van der Waals surface area contributed by atoms with Gasteiger partial charge >= 0.3 is 0 Å². The molecule has 2 N–H and O–H groups in total. The van der Waals surface area contributed by atoms with E-state index in [2.05, 4.69) is 47.1 Å². The van der Waals surface area contributed by atoms with Crippen molar-refractivity contribution in [1.82, 2.24) is 9.97 Å². The maximum Gasteiger partial charge on any atom is 0.230 e. The van der Waals surface area contributed by atoms with Crippen molar-refractivity contribution in [2.24, 2.45) is 22.9 Å². The summed E-state index contributed by atoms with van der Waals surface area (Å²) in [5.74, 6) is 2.24. The third kappa shape index (κ3) is 9.97. The lowest BCUT2D eigenvalue weighted by molar-refractivity contribution is -0.223. The monoisotopic (exact) mass is 787 g/mol. The number of hydrogen-bond donors (Lipinski definition) is 2. The highest BCUT2D eigenvalue weighted by molar-refractivity contribution is 8.00. The number of unbranched alkanes of at least 4 members (excludes halogenated alkanes) is 2. The third-order valence-corrected chi connectivity index (χ3v) is 12.7. The Bertz CT molecular complexity index is 1770. The van der Waals surface area contributed by atoms with Crippen molar-refractivity contribution in [2.75, 3.05) is 31.8 Å². The first-order valence-corrected chi connectivity index (χ1v) is 21.9. The molecule has 0 saturated heterocycles. The van der Waals surface area contributed by atoms with Crippen LogP contribution in [0.5, 0.6) is 17.2 Å². The van der Waals surface area contributed by atoms with Gasteiger partial charge in [0, 0.05) is 61.0 Å². The summed E-state index contributed by atoms with van der Waals surface area (Å²) in [5.41, 5.74) is 3.59. The van der Waals surface area contributed by atoms with Crippen LogP contribution in [0.1, 0.15) is 82.9 Å². The molecular weight excluding hydrogens is 731 g/mol. The number of aliphatic hydroxyl groups excluding tert-OH is 2. The Balaban J connectivity index is 1.51. The van der Waals surface area contributed by atoms with Gasteiger partial charge in [0.25, 0.3) is 0 Å². The zero-order valence-electron chi connectivity index (χ0n) is 32.7. The van der Waals surface area contributed by atoms with E-state index in [1.54, 1.807) is 30.2 Å². The van der Waals surface area contributed by atoms with E-state index in [0.29, 0.717) is 13.0 Å². The third-order valence-electron chi connectivity index (χ3n) is 10.6. The number of aliphatic hydroxyl groups is 2. The van der Waals surface area contributed by atoms with Crippen LogP contribution < -0.4 is 9.47 Å². The molecule has 3 aromatic rings. The van der Waals surface area contributed by atoms with E-state index in [4.69, 9.17) is 24.2 Å². The fourth-order valence-electron chi connectivity index (χ4n) is 8.28. The maximum absolute atomic E-state index is 9.92. The van der Waals surface area contributed by atoms with Crippen LogP contribution >= 0.6 is 23.5 Å². The number of hydrogen-bond acceptors (Lipinski definition) is 11. The minimum absolute atomic E-state index is 0.0166. The summed E-state index contributed by atoms with van der Waals surface area (Å²) in [7, 11) is 0. The second kappa shape index (κ2) is 19.2. The molecule has 2 aliphatic carbocycles. The highest BCUT2D eigenvalue weighted by Gasteiger charge is 2.64. The molecule has 3 aliphatic rings. The smallest absolute Gasteiger partial charge is 0.230 e. The van der Waals surface area contributed by atoms with Crippen molar-refractivity contribution in [3.63, 3.8) is 0 Å². The summed E-state index contributed by atoms with van der Waals surface area (Å²) in [6.07, 6.45) is 18.0. The van der Waals surface area contributed by atoms with E-state index in [1.807, 2.05) is 63.0 Å². The molecule has 0 radical (unpaired) electrons. The van der Waals surface area contributed by atoms with Gasteiger partial charge in [0.05, 0.1) is 29.2 Å². The van der Waals surface area contributed by atoms with E-state index in [0.717, 1.165) is 90.5 Å². The Hall–Kier alpha value is -3.35. The summed E-state index contributed by atoms with van der Waals surface area (Å²) in [6, 6.07) is 14.4. The van der Waals surface area contributed by atoms with Crippen LogP contribution in [0.3, 0.4) is 0 Å². The lowest BCUT2D eigenvalue weighted by Crippen LogP contribution is -2.64. The van der Waals surface area contributed by atoms with Gasteiger partial charge in [-0.2, -0.15) is 11.8 Å². The molecule has 0 amide bonds. The molecule has 2 heterocycles. The molecule has 55 heavy (non-hydrogen) atoms. The van der Waals surface area contributed by atoms with Gasteiger partial charge in [-0.25, -0.2) is 0 Å². The number of ether oxygens (including phenoxy) is 3. The summed E-state index contributed by atoms with van der Waals surface area (Å²) in [6.45, 7) is 10.8. The summed E-state index contributed by atoms with van der Waals surface area (Å²) in [4.78, 5) is 16.2. The van der Waals surface area contributed by atoms with Gasteiger partial charge in [-0.3, -0.25) is 9.97 Å². The van der Waals surface area contributed by atoms with Crippen molar-refractivity contribution in [2.45, 2.75) is 99.6 Å². The van der Waals surface area contributed by atoms with Gasteiger partial charge < -0.3 is 29.3 Å². The fourth-order valence-corrected chi connectivity index (χ4v) is 10.1. The summed E-state index contributed by atoms with van der Waals surface area (Å²) >= 11 is 3.52. The molecule has 0 unspecified atom stereocenters. The number of oxime groups is 1. The molecule has 1 saturated carbocycles. The average Bonchev–Trinajstić information content (AvgIpc) is 3.18. The van der Waals surface area contributed by atoms with Gasteiger partial charge in [0.2, 0.25) is 5.79 Å². The zero-order chi connectivity index (χ0) is 38.8. The van der Waals surface area contributed by atoms with E-state index < -0.39 is 11.4 Å². The van der Waals surface area contributed by atoms with Crippen molar-refractivity contribution in [3.8, 4) is 17.2 Å². The second-order valence-corrected chi connectivity index (χ2v) is 17.7. The maximum atomic E-state index is 9.92. The number of nitrogens with zero attached hydrogens (tertiary/aromatic N) is 3. The molecule has 6 rings (SSSR count). The van der Waals surface area contributed by atoms with Gasteiger partial charge in [-0.1, -0.05) is 30.1 Å². The van der Waals surface area contributed by atoms with E-state index in [9.17, 15) is 10.2 Å². The van der Waals surface area contributed by atoms with E-state index in [-0.39, 0.29) is 42.1 Å². The Kier molecular flexibility index (Phi) is 14.4. The normalized spacial score (nSPS) is 25.0. The van der Waals surface area contributed by atoms with Crippen molar-refractivity contribution in [3.05, 3.63) is 96.6 Å². The molecule has 1 aromatic heterocycles. The second-order valence-electron chi connectivity index (χ2n) is 15.5. The topological polar surface area (TPSA) is 116 Å². The molecular formula is C44H57N3O6S2. The van der Waals surface area contributed by atoms with Gasteiger partial charge in [0.15, 0.2) is 0 Å². The first kappa shape index (κ1) is 41.3. The van der Waals surface area contributed by atoms with Crippen molar-refractivity contribution >= 4 is 29.2 Å². The van der Waals surface area contributed by atoms with Crippen LogP contribution in [-0.4, -0.2) is 74.4 Å². The predicted molar refractivity (Wildman–Crippen MR) is 222 cm³/mol. The molecule has 1 aliphatic heterocycles. The van der Waals surface area contributed by atoms with Crippen LogP contribution in [0.15, 0.2) is 95.4 Å². The Labute approximate surface area is 335 Å². The van der Waals surface area contributed by atoms with E-state index in [1.165, 1.54) is 4.90 Å². The fraction of sp³-hybridized carbons (Fsp3) is 0.523. The Morgan fingerprint density at radius 1 is 1.02 bits per heavy atom. The Morgan fingerprint density at radius 3 is 2.47 bits per heavy atom.